The van der Waals surface area contributed by atoms with Crippen LogP contribution in [0.15, 0.2) is 41.7 Å². The van der Waals surface area contributed by atoms with Crippen molar-refractivity contribution < 1.29 is 4.74 Å². The van der Waals surface area contributed by atoms with Gasteiger partial charge in [0.2, 0.25) is 0 Å². The second-order valence-electron chi connectivity index (χ2n) is 5.36. The van der Waals surface area contributed by atoms with Gasteiger partial charge in [-0.1, -0.05) is 17.7 Å². The van der Waals surface area contributed by atoms with Crippen molar-refractivity contribution in [2.75, 3.05) is 26.7 Å². The van der Waals surface area contributed by atoms with Crippen molar-refractivity contribution >= 4 is 29.9 Å². The summed E-state index contributed by atoms with van der Waals surface area (Å²) < 4.78 is 7.49. The van der Waals surface area contributed by atoms with Crippen LogP contribution in [0.25, 0.3) is 0 Å². The Balaban J connectivity index is 0.00000288. The van der Waals surface area contributed by atoms with Gasteiger partial charge < -0.3 is 15.4 Å². The molecule has 2 aromatic rings. The number of guanidine groups is 1. The van der Waals surface area contributed by atoms with E-state index in [0.717, 1.165) is 24.7 Å². The van der Waals surface area contributed by atoms with E-state index < -0.39 is 0 Å². The van der Waals surface area contributed by atoms with E-state index in [1.807, 2.05) is 48.4 Å². The quantitative estimate of drug-likeness (QED) is 0.298. The van der Waals surface area contributed by atoms with Gasteiger partial charge >= 0.3 is 0 Å². The minimum Gasteiger partial charge on any atom is -0.492 e. The van der Waals surface area contributed by atoms with Crippen LogP contribution in [0.1, 0.15) is 11.1 Å². The van der Waals surface area contributed by atoms with E-state index >= 15 is 0 Å². The Bertz CT molecular complexity index is 624. The number of halogens is 1. The summed E-state index contributed by atoms with van der Waals surface area (Å²) in [5.41, 5.74) is 2.44. The minimum absolute atomic E-state index is 0. The lowest BCUT2D eigenvalue weighted by atomic mass is 10.2. The zero-order chi connectivity index (χ0) is 16.5. The highest BCUT2D eigenvalue weighted by Gasteiger charge is 2.00. The third-order valence-electron chi connectivity index (χ3n) is 3.37. The summed E-state index contributed by atoms with van der Waals surface area (Å²) in [6.45, 7) is 4.16. The molecule has 0 fully saturated rings. The summed E-state index contributed by atoms with van der Waals surface area (Å²) in [6, 6.07) is 8.05. The second-order valence-corrected chi connectivity index (χ2v) is 5.36. The van der Waals surface area contributed by atoms with Gasteiger partial charge in [0.1, 0.15) is 12.4 Å². The predicted octanol–water partition coefficient (Wildman–Crippen LogP) is 2.13. The van der Waals surface area contributed by atoms with Gasteiger partial charge in [-0.3, -0.25) is 9.67 Å². The minimum atomic E-state index is 0. The molecular formula is C17H26IN5O. The standard InChI is InChI=1S/C17H25N5O.HI/c1-14-4-6-16(7-5-14)23-11-10-20-17(18-2)19-9-8-15-12-21-22(3)13-15;/h4-7,12-13H,8-11H2,1-3H3,(H2,18,19,20);1H. The molecule has 0 bridgehead atoms. The first-order valence-corrected chi connectivity index (χ1v) is 7.79. The molecule has 0 aliphatic heterocycles. The van der Waals surface area contributed by atoms with Crippen LogP contribution < -0.4 is 15.4 Å². The third-order valence-corrected chi connectivity index (χ3v) is 3.37. The molecule has 1 aromatic carbocycles. The maximum Gasteiger partial charge on any atom is 0.191 e. The van der Waals surface area contributed by atoms with Gasteiger partial charge in [0.15, 0.2) is 5.96 Å². The highest BCUT2D eigenvalue weighted by atomic mass is 127. The lowest BCUT2D eigenvalue weighted by molar-refractivity contribution is 0.322. The first-order valence-electron chi connectivity index (χ1n) is 7.79. The Kier molecular flexibility index (Phi) is 9.21. The van der Waals surface area contributed by atoms with Crippen LogP contribution in [0, 0.1) is 6.92 Å². The first kappa shape index (κ1) is 20.3. The highest BCUT2D eigenvalue weighted by molar-refractivity contribution is 14.0. The molecule has 1 aromatic heterocycles. The Morgan fingerprint density at radius 3 is 2.54 bits per heavy atom. The van der Waals surface area contributed by atoms with Crippen molar-refractivity contribution in [3.63, 3.8) is 0 Å². The molecule has 0 aliphatic rings. The Labute approximate surface area is 160 Å². The largest absolute Gasteiger partial charge is 0.492 e. The van der Waals surface area contributed by atoms with Crippen LogP contribution >= 0.6 is 24.0 Å². The summed E-state index contributed by atoms with van der Waals surface area (Å²) in [5.74, 6) is 1.67. The maximum atomic E-state index is 5.68. The van der Waals surface area contributed by atoms with Crippen molar-refractivity contribution in [2.45, 2.75) is 13.3 Å². The van der Waals surface area contributed by atoms with E-state index in [4.69, 9.17) is 4.74 Å². The summed E-state index contributed by atoms with van der Waals surface area (Å²) in [6.07, 6.45) is 4.81. The molecule has 0 spiro atoms. The molecule has 2 rings (SSSR count). The van der Waals surface area contributed by atoms with Gasteiger partial charge in [0, 0.05) is 26.8 Å². The Morgan fingerprint density at radius 1 is 1.21 bits per heavy atom. The third kappa shape index (κ3) is 7.20. The molecule has 132 valence electrons. The molecule has 0 amide bonds. The Hall–Kier alpha value is -1.77. The number of aryl methyl sites for hydroxylation is 2. The van der Waals surface area contributed by atoms with Crippen LogP contribution in [0.5, 0.6) is 5.75 Å². The number of aliphatic imine (C=N–C) groups is 1. The van der Waals surface area contributed by atoms with E-state index in [0.29, 0.717) is 13.2 Å². The van der Waals surface area contributed by atoms with E-state index in [9.17, 15) is 0 Å². The lowest BCUT2D eigenvalue weighted by Gasteiger charge is -2.12. The fraction of sp³-hybridized carbons (Fsp3) is 0.412. The average molecular weight is 443 g/mol. The second kappa shape index (κ2) is 10.9. The summed E-state index contributed by atoms with van der Waals surface area (Å²) in [4.78, 5) is 4.20. The van der Waals surface area contributed by atoms with Crippen molar-refractivity contribution in [3.8, 4) is 5.75 Å². The topological polar surface area (TPSA) is 63.5 Å². The van der Waals surface area contributed by atoms with Crippen LogP contribution in [0.4, 0.5) is 0 Å². The van der Waals surface area contributed by atoms with Crippen LogP contribution in [0.2, 0.25) is 0 Å². The number of hydrogen-bond donors (Lipinski definition) is 2. The molecule has 24 heavy (non-hydrogen) atoms. The number of aromatic nitrogens is 2. The average Bonchev–Trinajstić information content (AvgIpc) is 2.97. The summed E-state index contributed by atoms with van der Waals surface area (Å²) in [5, 5.41) is 10.7. The van der Waals surface area contributed by atoms with Crippen LogP contribution in [-0.4, -0.2) is 42.5 Å². The van der Waals surface area contributed by atoms with Gasteiger partial charge in [-0.2, -0.15) is 5.10 Å². The smallest absolute Gasteiger partial charge is 0.191 e. The molecule has 6 nitrogen and oxygen atoms in total. The number of benzene rings is 1. The fourth-order valence-corrected chi connectivity index (χ4v) is 2.12. The van der Waals surface area contributed by atoms with Crippen molar-refractivity contribution in [3.05, 3.63) is 47.8 Å². The van der Waals surface area contributed by atoms with Gasteiger partial charge in [0.25, 0.3) is 0 Å². The SMILES string of the molecule is CN=C(NCCOc1ccc(C)cc1)NCCc1cnn(C)c1.I. The number of hydrogen-bond acceptors (Lipinski definition) is 3. The summed E-state index contributed by atoms with van der Waals surface area (Å²) in [7, 11) is 3.69. The van der Waals surface area contributed by atoms with Gasteiger partial charge in [-0.15, -0.1) is 24.0 Å². The van der Waals surface area contributed by atoms with Crippen molar-refractivity contribution in [1.82, 2.24) is 20.4 Å². The molecule has 0 saturated carbocycles. The van der Waals surface area contributed by atoms with E-state index in [1.54, 1.807) is 7.05 Å². The molecule has 1 heterocycles. The summed E-state index contributed by atoms with van der Waals surface area (Å²) >= 11 is 0. The Morgan fingerprint density at radius 2 is 1.92 bits per heavy atom. The van der Waals surface area contributed by atoms with Gasteiger partial charge in [0.05, 0.1) is 12.7 Å². The normalized spacial score (nSPS) is 10.9. The molecule has 0 unspecified atom stereocenters. The van der Waals surface area contributed by atoms with Crippen molar-refractivity contribution in [2.24, 2.45) is 12.0 Å². The molecule has 7 heteroatoms. The molecule has 0 saturated heterocycles. The fourth-order valence-electron chi connectivity index (χ4n) is 2.12. The molecule has 0 radical (unpaired) electrons. The van der Waals surface area contributed by atoms with E-state index in [-0.39, 0.29) is 24.0 Å². The van der Waals surface area contributed by atoms with E-state index in [2.05, 4.69) is 27.6 Å². The predicted molar refractivity (Wildman–Crippen MR) is 108 cm³/mol. The monoisotopic (exact) mass is 443 g/mol. The maximum absolute atomic E-state index is 5.68. The number of nitrogens with zero attached hydrogens (tertiary/aromatic N) is 3. The van der Waals surface area contributed by atoms with E-state index in [1.165, 1.54) is 11.1 Å². The molecular weight excluding hydrogens is 417 g/mol. The highest BCUT2D eigenvalue weighted by Crippen LogP contribution is 2.10. The number of rotatable bonds is 7. The van der Waals surface area contributed by atoms with Crippen molar-refractivity contribution in [1.29, 1.82) is 0 Å². The van der Waals surface area contributed by atoms with Crippen LogP contribution in [0.3, 0.4) is 0 Å². The zero-order valence-electron chi connectivity index (χ0n) is 14.5. The number of nitrogens with one attached hydrogen (secondary N) is 2. The van der Waals surface area contributed by atoms with Gasteiger partial charge in [-0.25, -0.2) is 0 Å². The molecule has 0 atom stereocenters. The van der Waals surface area contributed by atoms with Gasteiger partial charge in [-0.05, 0) is 31.0 Å². The number of ether oxygens (including phenoxy) is 1. The molecule has 2 N–H and O–H groups in total. The zero-order valence-corrected chi connectivity index (χ0v) is 16.8. The van der Waals surface area contributed by atoms with Crippen LogP contribution in [-0.2, 0) is 13.5 Å². The molecule has 0 aliphatic carbocycles. The lowest BCUT2D eigenvalue weighted by Crippen LogP contribution is -2.40. The first-order chi connectivity index (χ1) is 11.2.